The van der Waals surface area contributed by atoms with Gasteiger partial charge in [-0.3, -0.25) is 20.6 Å². The third kappa shape index (κ3) is 2.83. The van der Waals surface area contributed by atoms with E-state index in [0.29, 0.717) is 28.5 Å². The molecular weight excluding hydrogens is 270 g/mol. The van der Waals surface area contributed by atoms with Crippen LogP contribution in [0.25, 0.3) is 0 Å². The van der Waals surface area contributed by atoms with E-state index >= 15 is 0 Å². The Morgan fingerprint density at radius 2 is 2.32 bits per heavy atom. The molecule has 0 saturated heterocycles. The molecule has 7 nitrogen and oxygen atoms in total. The number of benzene rings is 1. The Labute approximate surface area is 114 Å². The number of nitrogens with one attached hydrogen (secondary N) is 1. The van der Waals surface area contributed by atoms with Crippen molar-refractivity contribution in [2.75, 3.05) is 5.43 Å². The lowest BCUT2D eigenvalue weighted by atomic mass is 10.1. The molecule has 0 unspecified atom stereocenters. The molecule has 0 amide bonds. The SMILES string of the molecule is Cc1nn(Cc2cc([N+](=O)[O-])ccc2NN)cc1Cl. The highest BCUT2D eigenvalue weighted by atomic mass is 35.5. The number of aromatic nitrogens is 2. The van der Waals surface area contributed by atoms with Crippen LogP contribution in [0.15, 0.2) is 24.4 Å². The fourth-order valence-corrected chi connectivity index (χ4v) is 1.86. The normalized spacial score (nSPS) is 10.5. The second kappa shape index (κ2) is 5.25. The van der Waals surface area contributed by atoms with Crippen LogP contribution >= 0.6 is 11.6 Å². The smallest absolute Gasteiger partial charge is 0.269 e. The Bertz CT molecular complexity index is 606. The highest BCUT2D eigenvalue weighted by Gasteiger charge is 2.12. The molecule has 0 bridgehead atoms. The summed E-state index contributed by atoms with van der Waals surface area (Å²) in [6.07, 6.45) is 1.66. The summed E-state index contributed by atoms with van der Waals surface area (Å²) in [7, 11) is 0. The fourth-order valence-electron chi connectivity index (χ4n) is 1.71. The van der Waals surface area contributed by atoms with E-state index in [9.17, 15) is 10.1 Å². The molecule has 0 aliphatic rings. The Morgan fingerprint density at radius 1 is 1.58 bits per heavy atom. The molecule has 19 heavy (non-hydrogen) atoms. The molecule has 1 aromatic heterocycles. The summed E-state index contributed by atoms with van der Waals surface area (Å²) in [6.45, 7) is 2.13. The zero-order valence-corrected chi connectivity index (χ0v) is 10.9. The topological polar surface area (TPSA) is 99.0 Å². The Kier molecular flexibility index (Phi) is 3.68. The van der Waals surface area contributed by atoms with Crippen molar-refractivity contribution in [2.45, 2.75) is 13.5 Å². The van der Waals surface area contributed by atoms with Gasteiger partial charge in [0.25, 0.3) is 5.69 Å². The summed E-state index contributed by atoms with van der Waals surface area (Å²) in [6, 6.07) is 4.41. The van der Waals surface area contributed by atoms with Crippen molar-refractivity contribution < 1.29 is 4.92 Å². The van der Waals surface area contributed by atoms with Crippen molar-refractivity contribution in [2.24, 2.45) is 5.84 Å². The van der Waals surface area contributed by atoms with Crippen LogP contribution < -0.4 is 11.3 Å². The van der Waals surface area contributed by atoms with Crippen molar-refractivity contribution in [1.29, 1.82) is 0 Å². The lowest BCUT2D eigenvalue weighted by molar-refractivity contribution is -0.384. The van der Waals surface area contributed by atoms with E-state index in [0.717, 1.165) is 0 Å². The standard InChI is InChI=1S/C11H12ClN5O2/c1-7-10(12)6-16(15-7)5-8-4-9(17(18)19)2-3-11(8)14-13/h2-4,6,14H,5,13H2,1H3. The number of hydrogen-bond donors (Lipinski definition) is 2. The van der Waals surface area contributed by atoms with E-state index in [4.69, 9.17) is 17.4 Å². The number of nitro benzene ring substituents is 1. The van der Waals surface area contributed by atoms with Crippen LogP contribution in [-0.2, 0) is 6.54 Å². The molecule has 2 rings (SSSR count). The van der Waals surface area contributed by atoms with E-state index in [1.165, 1.54) is 12.1 Å². The van der Waals surface area contributed by atoms with Gasteiger partial charge in [0.05, 0.1) is 27.9 Å². The van der Waals surface area contributed by atoms with Gasteiger partial charge in [0.1, 0.15) is 0 Å². The number of hydrazine groups is 1. The van der Waals surface area contributed by atoms with Gasteiger partial charge in [-0.1, -0.05) is 11.6 Å². The van der Waals surface area contributed by atoms with Gasteiger partial charge in [-0.2, -0.15) is 5.10 Å². The average Bonchev–Trinajstić information content (AvgIpc) is 2.68. The van der Waals surface area contributed by atoms with Crippen molar-refractivity contribution in [1.82, 2.24) is 9.78 Å². The molecule has 0 aliphatic carbocycles. The maximum atomic E-state index is 10.8. The lowest BCUT2D eigenvalue weighted by Gasteiger charge is -2.08. The van der Waals surface area contributed by atoms with Gasteiger partial charge in [0.2, 0.25) is 0 Å². The summed E-state index contributed by atoms with van der Waals surface area (Å²) < 4.78 is 1.61. The predicted molar refractivity (Wildman–Crippen MR) is 72.0 cm³/mol. The molecule has 8 heteroatoms. The molecule has 0 radical (unpaired) electrons. The second-order valence-corrected chi connectivity index (χ2v) is 4.41. The Hall–Kier alpha value is -2.12. The second-order valence-electron chi connectivity index (χ2n) is 4.00. The minimum absolute atomic E-state index is 0.00368. The first-order valence-electron chi connectivity index (χ1n) is 5.44. The maximum absolute atomic E-state index is 10.8. The van der Waals surface area contributed by atoms with Gasteiger partial charge in [0, 0.05) is 23.9 Å². The van der Waals surface area contributed by atoms with Gasteiger partial charge >= 0.3 is 0 Å². The number of nitro groups is 1. The molecule has 0 saturated carbocycles. The summed E-state index contributed by atoms with van der Waals surface area (Å²) in [5.74, 6) is 5.39. The van der Waals surface area contributed by atoms with Gasteiger partial charge in [0.15, 0.2) is 0 Å². The van der Waals surface area contributed by atoms with E-state index in [-0.39, 0.29) is 5.69 Å². The lowest BCUT2D eigenvalue weighted by Crippen LogP contribution is -2.11. The molecular formula is C11H12ClN5O2. The van der Waals surface area contributed by atoms with Crippen molar-refractivity contribution in [3.05, 3.63) is 50.8 Å². The average molecular weight is 282 g/mol. The number of nitrogens with zero attached hydrogens (tertiary/aromatic N) is 3. The molecule has 3 N–H and O–H groups in total. The highest BCUT2D eigenvalue weighted by Crippen LogP contribution is 2.23. The zero-order valence-electron chi connectivity index (χ0n) is 10.1. The minimum Gasteiger partial charge on any atom is -0.324 e. The van der Waals surface area contributed by atoms with E-state index < -0.39 is 4.92 Å². The van der Waals surface area contributed by atoms with E-state index in [2.05, 4.69) is 10.5 Å². The van der Waals surface area contributed by atoms with Crippen LogP contribution in [0.1, 0.15) is 11.3 Å². The minimum atomic E-state index is -0.453. The quantitative estimate of drug-likeness (QED) is 0.508. The summed E-state index contributed by atoms with van der Waals surface area (Å²) in [5.41, 5.74) is 4.48. The van der Waals surface area contributed by atoms with Gasteiger partial charge in [-0.15, -0.1) is 0 Å². The molecule has 0 spiro atoms. The molecule has 0 atom stereocenters. The number of halogens is 1. The van der Waals surface area contributed by atoms with E-state index in [1.807, 2.05) is 0 Å². The molecule has 0 fully saturated rings. The monoisotopic (exact) mass is 281 g/mol. The first kappa shape index (κ1) is 13.3. The molecule has 0 aliphatic heterocycles. The number of hydrogen-bond acceptors (Lipinski definition) is 5. The Morgan fingerprint density at radius 3 is 2.84 bits per heavy atom. The largest absolute Gasteiger partial charge is 0.324 e. The van der Waals surface area contributed by atoms with Crippen molar-refractivity contribution >= 4 is 23.0 Å². The van der Waals surface area contributed by atoms with Crippen LogP contribution in [0.5, 0.6) is 0 Å². The third-order valence-corrected chi connectivity index (χ3v) is 3.05. The first-order valence-corrected chi connectivity index (χ1v) is 5.82. The summed E-state index contributed by atoms with van der Waals surface area (Å²) >= 11 is 5.92. The fraction of sp³-hybridized carbons (Fsp3) is 0.182. The number of rotatable bonds is 4. The van der Waals surface area contributed by atoms with Crippen LogP contribution in [0.3, 0.4) is 0 Å². The van der Waals surface area contributed by atoms with Crippen molar-refractivity contribution in [3.8, 4) is 0 Å². The molecule has 2 aromatic rings. The molecule has 1 heterocycles. The van der Waals surface area contributed by atoms with Crippen LogP contribution in [0.4, 0.5) is 11.4 Å². The summed E-state index contributed by atoms with van der Waals surface area (Å²) in [5, 5.41) is 15.5. The molecule has 1 aromatic carbocycles. The number of nitrogen functional groups attached to an aromatic ring is 1. The molecule has 100 valence electrons. The number of anilines is 1. The van der Waals surface area contributed by atoms with Crippen LogP contribution in [0, 0.1) is 17.0 Å². The van der Waals surface area contributed by atoms with Crippen LogP contribution in [-0.4, -0.2) is 14.7 Å². The van der Waals surface area contributed by atoms with Crippen molar-refractivity contribution in [3.63, 3.8) is 0 Å². The van der Waals surface area contributed by atoms with Gasteiger partial charge in [-0.25, -0.2) is 0 Å². The zero-order chi connectivity index (χ0) is 14.0. The summed E-state index contributed by atoms with van der Waals surface area (Å²) in [4.78, 5) is 10.3. The van der Waals surface area contributed by atoms with Crippen LogP contribution in [0.2, 0.25) is 5.02 Å². The number of non-ortho nitro benzene ring substituents is 1. The predicted octanol–water partition coefficient (Wildman–Crippen LogP) is 2.09. The van der Waals surface area contributed by atoms with Gasteiger partial charge in [-0.05, 0) is 13.0 Å². The van der Waals surface area contributed by atoms with Gasteiger partial charge < -0.3 is 5.43 Å². The third-order valence-electron chi connectivity index (χ3n) is 2.67. The Balaban J connectivity index is 2.36. The number of aryl methyl sites for hydroxylation is 1. The highest BCUT2D eigenvalue weighted by molar-refractivity contribution is 6.31. The first-order chi connectivity index (χ1) is 9.01. The maximum Gasteiger partial charge on any atom is 0.269 e. The number of nitrogens with two attached hydrogens (primary N) is 1. The van der Waals surface area contributed by atoms with E-state index in [1.54, 1.807) is 23.9 Å².